The Labute approximate surface area is 138 Å². The molecular weight excluding hydrogens is 340 g/mol. The summed E-state index contributed by atoms with van der Waals surface area (Å²) in [5, 5.41) is 0. The maximum atomic E-state index is 4.68. The molecule has 0 bridgehead atoms. The zero-order chi connectivity index (χ0) is 15.5. The van der Waals surface area contributed by atoms with Crippen molar-refractivity contribution in [1.29, 1.82) is 0 Å². The molecule has 1 aromatic carbocycles. The van der Waals surface area contributed by atoms with Crippen molar-refractivity contribution in [1.82, 2.24) is 15.0 Å². The zero-order valence-electron chi connectivity index (χ0n) is 12.4. The third-order valence-corrected chi connectivity index (χ3v) is 3.85. The lowest BCUT2D eigenvalue weighted by atomic mass is 10.2. The minimum atomic E-state index is 0.721. The van der Waals surface area contributed by atoms with Crippen LogP contribution in [-0.4, -0.2) is 22.0 Å². The van der Waals surface area contributed by atoms with E-state index in [0.29, 0.717) is 0 Å². The summed E-state index contributed by atoms with van der Waals surface area (Å²) in [6.07, 6.45) is 3.58. The van der Waals surface area contributed by atoms with Crippen LogP contribution >= 0.6 is 15.9 Å². The monoisotopic (exact) mass is 354 g/mol. The molecule has 2 aromatic heterocycles. The number of hydrogen-bond acceptors (Lipinski definition) is 4. The predicted octanol–water partition coefficient (Wildman–Crippen LogP) is 4.38. The number of benzene rings is 1. The number of aryl methyl sites for hydroxylation is 1. The van der Waals surface area contributed by atoms with Crippen LogP contribution < -0.4 is 4.90 Å². The van der Waals surface area contributed by atoms with Crippen LogP contribution in [0, 0.1) is 6.92 Å². The normalized spacial score (nSPS) is 10.5. The number of aromatic nitrogens is 3. The summed E-state index contributed by atoms with van der Waals surface area (Å²) in [6, 6.07) is 13.9. The molecule has 0 amide bonds. The molecule has 0 radical (unpaired) electrons. The maximum Gasteiger partial charge on any atom is 0.161 e. The van der Waals surface area contributed by atoms with Crippen LogP contribution in [0.4, 0.5) is 11.5 Å². The second-order valence-electron chi connectivity index (χ2n) is 4.97. The highest BCUT2D eigenvalue weighted by molar-refractivity contribution is 9.10. The number of rotatable bonds is 3. The van der Waals surface area contributed by atoms with Gasteiger partial charge in [-0.15, -0.1) is 0 Å². The number of halogens is 1. The molecule has 0 spiro atoms. The van der Waals surface area contributed by atoms with E-state index in [1.807, 2.05) is 67.5 Å². The van der Waals surface area contributed by atoms with Crippen LogP contribution in [0.1, 0.15) is 5.69 Å². The highest BCUT2D eigenvalue weighted by Crippen LogP contribution is 2.25. The Morgan fingerprint density at radius 1 is 1.05 bits per heavy atom. The smallest absolute Gasteiger partial charge is 0.161 e. The average molecular weight is 355 g/mol. The van der Waals surface area contributed by atoms with Crippen LogP contribution in [-0.2, 0) is 0 Å². The first-order valence-corrected chi connectivity index (χ1v) is 7.68. The van der Waals surface area contributed by atoms with E-state index < -0.39 is 0 Å². The van der Waals surface area contributed by atoms with Gasteiger partial charge in [-0.3, -0.25) is 4.98 Å². The Hall–Kier alpha value is -2.27. The van der Waals surface area contributed by atoms with Gasteiger partial charge in [-0.05, 0) is 31.2 Å². The molecule has 4 nitrogen and oxygen atoms in total. The average Bonchev–Trinajstić information content (AvgIpc) is 2.55. The second-order valence-corrected chi connectivity index (χ2v) is 5.88. The number of nitrogens with zero attached hydrogens (tertiary/aromatic N) is 4. The molecule has 3 aromatic rings. The van der Waals surface area contributed by atoms with E-state index in [9.17, 15) is 0 Å². The summed E-state index contributed by atoms with van der Waals surface area (Å²) >= 11 is 3.44. The summed E-state index contributed by atoms with van der Waals surface area (Å²) in [6.45, 7) is 1.98. The maximum absolute atomic E-state index is 4.68. The van der Waals surface area contributed by atoms with Gasteiger partial charge in [0.1, 0.15) is 5.82 Å². The lowest BCUT2D eigenvalue weighted by molar-refractivity contribution is 1.05. The fourth-order valence-electron chi connectivity index (χ4n) is 2.14. The van der Waals surface area contributed by atoms with Gasteiger partial charge in [-0.1, -0.05) is 28.1 Å². The van der Waals surface area contributed by atoms with Crippen molar-refractivity contribution in [3.63, 3.8) is 0 Å². The van der Waals surface area contributed by atoms with Gasteiger partial charge in [0.2, 0.25) is 0 Å². The Morgan fingerprint density at radius 2 is 1.82 bits per heavy atom. The molecule has 0 atom stereocenters. The van der Waals surface area contributed by atoms with E-state index >= 15 is 0 Å². The molecular formula is C17H15BrN4. The van der Waals surface area contributed by atoms with Gasteiger partial charge in [0.25, 0.3) is 0 Å². The van der Waals surface area contributed by atoms with Gasteiger partial charge < -0.3 is 4.90 Å². The first-order valence-electron chi connectivity index (χ1n) is 6.89. The van der Waals surface area contributed by atoms with Gasteiger partial charge >= 0.3 is 0 Å². The minimum Gasteiger partial charge on any atom is -0.328 e. The van der Waals surface area contributed by atoms with Gasteiger partial charge in [0.15, 0.2) is 5.82 Å². The first kappa shape index (κ1) is 14.7. The van der Waals surface area contributed by atoms with E-state index in [2.05, 4.69) is 30.9 Å². The Kier molecular flexibility index (Phi) is 4.15. The molecule has 0 N–H and O–H groups in total. The molecule has 110 valence electrons. The van der Waals surface area contributed by atoms with Gasteiger partial charge in [0, 0.05) is 35.0 Å². The summed E-state index contributed by atoms with van der Waals surface area (Å²) in [4.78, 5) is 15.4. The number of pyridine rings is 1. The van der Waals surface area contributed by atoms with Crippen molar-refractivity contribution < 1.29 is 0 Å². The molecule has 5 heteroatoms. The summed E-state index contributed by atoms with van der Waals surface area (Å²) in [7, 11) is 1.98. The van der Waals surface area contributed by atoms with E-state index in [1.165, 1.54) is 0 Å². The van der Waals surface area contributed by atoms with Gasteiger partial charge in [0.05, 0.1) is 11.9 Å². The van der Waals surface area contributed by atoms with Crippen LogP contribution in [0.25, 0.3) is 11.4 Å². The van der Waals surface area contributed by atoms with Crippen LogP contribution in [0.2, 0.25) is 0 Å². The van der Waals surface area contributed by atoms with Crippen molar-refractivity contribution in [3.05, 3.63) is 65.0 Å². The van der Waals surface area contributed by atoms with Crippen molar-refractivity contribution in [2.45, 2.75) is 6.92 Å². The SMILES string of the molecule is Cc1cc(N(C)c2cccnc2)nc(-c2ccc(Br)cc2)n1. The van der Waals surface area contributed by atoms with Crippen LogP contribution in [0.3, 0.4) is 0 Å². The quantitative estimate of drug-likeness (QED) is 0.699. The zero-order valence-corrected chi connectivity index (χ0v) is 13.9. The summed E-state index contributed by atoms with van der Waals surface area (Å²) in [5.41, 5.74) is 2.91. The van der Waals surface area contributed by atoms with Crippen molar-refractivity contribution in [2.24, 2.45) is 0 Å². The van der Waals surface area contributed by atoms with E-state index in [-0.39, 0.29) is 0 Å². The van der Waals surface area contributed by atoms with E-state index in [1.54, 1.807) is 6.20 Å². The Bertz CT molecular complexity index is 772. The summed E-state index contributed by atoms with van der Waals surface area (Å²) in [5.74, 6) is 1.57. The fraction of sp³-hybridized carbons (Fsp3) is 0.118. The molecule has 2 heterocycles. The molecule has 0 fully saturated rings. The van der Waals surface area contributed by atoms with Crippen molar-refractivity contribution >= 4 is 27.4 Å². The molecule has 22 heavy (non-hydrogen) atoms. The topological polar surface area (TPSA) is 41.9 Å². The molecule has 0 unspecified atom stereocenters. The molecule has 0 aliphatic rings. The first-order chi connectivity index (χ1) is 10.6. The highest BCUT2D eigenvalue weighted by Gasteiger charge is 2.10. The van der Waals surface area contributed by atoms with E-state index in [0.717, 1.165) is 33.1 Å². The molecule has 0 aliphatic carbocycles. The molecule has 3 rings (SSSR count). The largest absolute Gasteiger partial charge is 0.328 e. The minimum absolute atomic E-state index is 0.721. The standard InChI is InChI=1S/C17H15BrN4/c1-12-10-16(22(2)15-4-3-9-19-11-15)21-17(20-12)13-5-7-14(18)8-6-13/h3-11H,1-2H3. The summed E-state index contributed by atoms with van der Waals surface area (Å²) < 4.78 is 1.04. The van der Waals surface area contributed by atoms with E-state index in [4.69, 9.17) is 0 Å². The lowest BCUT2D eigenvalue weighted by Crippen LogP contribution is -2.12. The van der Waals surface area contributed by atoms with Crippen LogP contribution in [0.15, 0.2) is 59.3 Å². The van der Waals surface area contributed by atoms with Crippen LogP contribution in [0.5, 0.6) is 0 Å². The number of anilines is 2. The molecule has 0 saturated heterocycles. The Balaban J connectivity index is 2.01. The molecule has 0 saturated carbocycles. The van der Waals surface area contributed by atoms with Crippen molar-refractivity contribution in [3.8, 4) is 11.4 Å². The van der Waals surface area contributed by atoms with Gasteiger partial charge in [-0.2, -0.15) is 0 Å². The third kappa shape index (κ3) is 3.14. The van der Waals surface area contributed by atoms with Gasteiger partial charge in [-0.25, -0.2) is 9.97 Å². The molecule has 0 aliphatic heterocycles. The number of hydrogen-bond donors (Lipinski definition) is 0. The lowest BCUT2D eigenvalue weighted by Gasteiger charge is -2.18. The van der Waals surface area contributed by atoms with Crippen molar-refractivity contribution in [2.75, 3.05) is 11.9 Å². The fourth-order valence-corrected chi connectivity index (χ4v) is 2.40. The predicted molar refractivity (Wildman–Crippen MR) is 92.2 cm³/mol. The second kappa shape index (κ2) is 6.23. The third-order valence-electron chi connectivity index (χ3n) is 3.32. The Morgan fingerprint density at radius 3 is 2.50 bits per heavy atom. The highest BCUT2D eigenvalue weighted by atomic mass is 79.9.